The molecule has 2 aliphatic heterocycles. The lowest BCUT2D eigenvalue weighted by atomic mass is 10.1. The van der Waals surface area contributed by atoms with E-state index < -0.39 is 0 Å². The molecule has 5 nitrogen and oxygen atoms in total. The first-order valence-corrected chi connectivity index (χ1v) is 9.61. The maximum absolute atomic E-state index is 12.7. The van der Waals surface area contributed by atoms with Crippen LogP contribution in [0.2, 0.25) is 0 Å². The lowest BCUT2D eigenvalue weighted by molar-refractivity contribution is 0.0638. The summed E-state index contributed by atoms with van der Waals surface area (Å²) in [5.41, 5.74) is 0.677. The van der Waals surface area contributed by atoms with Crippen LogP contribution >= 0.6 is 11.3 Å². The Bertz CT molecular complexity index is 724. The van der Waals surface area contributed by atoms with Gasteiger partial charge >= 0.3 is 0 Å². The number of carbonyl (C=O) groups is 1. The predicted octanol–water partition coefficient (Wildman–Crippen LogP) is 2.52. The first-order chi connectivity index (χ1) is 12.3. The lowest BCUT2D eigenvalue weighted by Crippen LogP contribution is -2.49. The van der Waals surface area contributed by atoms with Crippen LogP contribution in [-0.2, 0) is 6.42 Å². The second kappa shape index (κ2) is 7.45. The normalized spacial score (nSPS) is 17.5. The highest BCUT2D eigenvalue weighted by molar-refractivity contribution is 7.09. The van der Waals surface area contributed by atoms with Crippen LogP contribution in [0.5, 0.6) is 11.5 Å². The van der Waals surface area contributed by atoms with E-state index in [-0.39, 0.29) is 5.91 Å². The van der Waals surface area contributed by atoms with Crippen molar-refractivity contribution in [3.05, 3.63) is 46.2 Å². The molecule has 1 aromatic heterocycles. The van der Waals surface area contributed by atoms with Crippen LogP contribution in [0.1, 0.15) is 15.2 Å². The topological polar surface area (TPSA) is 42.0 Å². The minimum atomic E-state index is 0.0786. The van der Waals surface area contributed by atoms with E-state index in [1.165, 1.54) is 4.88 Å². The van der Waals surface area contributed by atoms with Gasteiger partial charge in [0.25, 0.3) is 5.91 Å². The molecule has 0 bridgehead atoms. The molecular formula is C19H22N2O3S. The second-order valence-corrected chi connectivity index (χ2v) is 7.35. The van der Waals surface area contributed by atoms with Gasteiger partial charge in [-0.2, -0.15) is 0 Å². The zero-order chi connectivity index (χ0) is 17.1. The molecule has 2 aliphatic rings. The third-order valence-corrected chi connectivity index (χ3v) is 5.64. The lowest BCUT2D eigenvalue weighted by Gasteiger charge is -2.34. The van der Waals surface area contributed by atoms with Crippen LogP contribution in [0.15, 0.2) is 35.7 Å². The summed E-state index contributed by atoms with van der Waals surface area (Å²) in [6, 6.07) is 9.76. The van der Waals surface area contributed by atoms with Gasteiger partial charge in [0.15, 0.2) is 11.5 Å². The largest absolute Gasteiger partial charge is 0.486 e. The molecule has 0 aliphatic carbocycles. The van der Waals surface area contributed by atoms with Crippen molar-refractivity contribution in [3.63, 3.8) is 0 Å². The zero-order valence-corrected chi connectivity index (χ0v) is 15.0. The monoisotopic (exact) mass is 358 g/mol. The van der Waals surface area contributed by atoms with E-state index in [1.54, 1.807) is 6.07 Å². The Labute approximate surface area is 151 Å². The third kappa shape index (κ3) is 3.80. The SMILES string of the molecule is O=C(c1ccc2c(c1)OCCO2)N1CCN(CCc2cccs2)CC1. The minimum Gasteiger partial charge on any atom is -0.486 e. The molecule has 0 spiro atoms. The van der Waals surface area contributed by atoms with Gasteiger partial charge in [-0.25, -0.2) is 0 Å². The van der Waals surface area contributed by atoms with Crippen LogP contribution in [0, 0.1) is 0 Å². The smallest absolute Gasteiger partial charge is 0.254 e. The van der Waals surface area contributed by atoms with Gasteiger partial charge in [0.1, 0.15) is 13.2 Å². The van der Waals surface area contributed by atoms with E-state index in [0.29, 0.717) is 24.5 Å². The summed E-state index contributed by atoms with van der Waals surface area (Å²) in [6.45, 7) is 5.58. The Morgan fingerprint density at radius 1 is 1.04 bits per heavy atom. The van der Waals surface area contributed by atoms with E-state index in [2.05, 4.69) is 22.4 Å². The maximum Gasteiger partial charge on any atom is 0.254 e. The van der Waals surface area contributed by atoms with Gasteiger partial charge in [0.2, 0.25) is 0 Å². The van der Waals surface area contributed by atoms with Crippen molar-refractivity contribution in [2.45, 2.75) is 6.42 Å². The molecule has 1 amide bonds. The van der Waals surface area contributed by atoms with Crippen molar-refractivity contribution < 1.29 is 14.3 Å². The number of rotatable bonds is 4. The molecule has 1 saturated heterocycles. The first-order valence-electron chi connectivity index (χ1n) is 8.73. The Morgan fingerprint density at radius 3 is 2.60 bits per heavy atom. The molecule has 3 heterocycles. The molecule has 0 N–H and O–H groups in total. The maximum atomic E-state index is 12.7. The van der Waals surface area contributed by atoms with E-state index in [0.717, 1.165) is 44.9 Å². The summed E-state index contributed by atoms with van der Waals surface area (Å²) in [5, 5.41) is 2.12. The summed E-state index contributed by atoms with van der Waals surface area (Å²) in [6.07, 6.45) is 1.09. The number of fused-ring (bicyclic) bond motifs is 1. The molecule has 6 heteroatoms. The Morgan fingerprint density at radius 2 is 1.84 bits per heavy atom. The van der Waals surface area contributed by atoms with E-state index in [9.17, 15) is 4.79 Å². The molecule has 2 aromatic rings. The molecular weight excluding hydrogens is 336 g/mol. The quantitative estimate of drug-likeness (QED) is 0.842. The molecule has 1 fully saturated rings. The van der Waals surface area contributed by atoms with Crippen LogP contribution in [-0.4, -0.2) is 61.6 Å². The van der Waals surface area contributed by atoms with Crippen LogP contribution < -0.4 is 9.47 Å². The van der Waals surface area contributed by atoms with Gasteiger partial charge in [0, 0.05) is 43.2 Å². The molecule has 1 aromatic carbocycles. The molecule has 0 saturated carbocycles. The highest BCUT2D eigenvalue weighted by Crippen LogP contribution is 2.31. The van der Waals surface area contributed by atoms with Crippen molar-refractivity contribution in [2.24, 2.45) is 0 Å². The van der Waals surface area contributed by atoms with Gasteiger partial charge in [-0.3, -0.25) is 9.69 Å². The van der Waals surface area contributed by atoms with Crippen molar-refractivity contribution in [1.82, 2.24) is 9.80 Å². The molecule has 0 atom stereocenters. The zero-order valence-electron chi connectivity index (χ0n) is 14.1. The highest BCUT2D eigenvalue weighted by Gasteiger charge is 2.23. The van der Waals surface area contributed by atoms with Crippen molar-refractivity contribution in [2.75, 3.05) is 45.9 Å². The third-order valence-electron chi connectivity index (χ3n) is 4.70. The number of thiophene rings is 1. The van der Waals surface area contributed by atoms with E-state index in [1.807, 2.05) is 28.4 Å². The molecule has 132 valence electrons. The number of ether oxygens (including phenoxy) is 2. The number of hydrogen-bond donors (Lipinski definition) is 0. The second-order valence-electron chi connectivity index (χ2n) is 6.32. The number of amides is 1. The fourth-order valence-corrected chi connectivity index (χ4v) is 3.95. The molecule has 25 heavy (non-hydrogen) atoms. The van der Waals surface area contributed by atoms with Crippen LogP contribution in [0.4, 0.5) is 0 Å². The highest BCUT2D eigenvalue weighted by atomic mass is 32.1. The van der Waals surface area contributed by atoms with Gasteiger partial charge in [0.05, 0.1) is 0 Å². The fraction of sp³-hybridized carbons (Fsp3) is 0.421. The summed E-state index contributed by atoms with van der Waals surface area (Å²) in [7, 11) is 0. The number of hydrogen-bond acceptors (Lipinski definition) is 5. The summed E-state index contributed by atoms with van der Waals surface area (Å²) >= 11 is 1.81. The van der Waals surface area contributed by atoms with Crippen molar-refractivity contribution >= 4 is 17.2 Å². The summed E-state index contributed by atoms with van der Waals surface area (Å²) in [4.78, 5) is 18.6. The van der Waals surface area contributed by atoms with Gasteiger partial charge < -0.3 is 14.4 Å². The van der Waals surface area contributed by atoms with Crippen LogP contribution in [0.25, 0.3) is 0 Å². The summed E-state index contributed by atoms with van der Waals surface area (Å²) < 4.78 is 11.1. The Hall–Kier alpha value is -2.05. The predicted molar refractivity (Wildman–Crippen MR) is 97.8 cm³/mol. The van der Waals surface area contributed by atoms with Crippen molar-refractivity contribution in [3.8, 4) is 11.5 Å². The van der Waals surface area contributed by atoms with Gasteiger partial charge in [-0.05, 0) is 36.1 Å². The average Bonchev–Trinajstić information content (AvgIpc) is 3.19. The minimum absolute atomic E-state index is 0.0786. The molecule has 4 rings (SSSR count). The van der Waals surface area contributed by atoms with Gasteiger partial charge in [-0.15, -0.1) is 11.3 Å². The van der Waals surface area contributed by atoms with E-state index in [4.69, 9.17) is 9.47 Å². The van der Waals surface area contributed by atoms with Crippen LogP contribution in [0.3, 0.4) is 0 Å². The Balaban J connectivity index is 1.32. The van der Waals surface area contributed by atoms with E-state index >= 15 is 0 Å². The average molecular weight is 358 g/mol. The first kappa shape index (κ1) is 16.4. The number of piperazine rings is 1. The molecule has 0 radical (unpaired) electrons. The fourth-order valence-electron chi connectivity index (χ4n) is 3.26. The summed E-state index contributed by atoms with van der Waals surface area (Å²) in [5.74, 6) is 1.47. The molecule has 0 unspecified atom stereocenters. The van der Waals surface area contributed by atoms with Crippen molar-refractivity contribution in [1.29, 1.82) is 0 Å². The Kier molecular flexibility index (Phi) is 4.90. The number of carbonyl (C=O) groups excluding carboxylic acids is 1. The standard InChI is InChI=1S/C19H22N2O3S/c22-19(15-3-4-17-18(14-15)24-12-11-23-17)21-9-7-20(8-10-21)6-5-16-2-1-13-25-16/h1-4,13-14H,5-12H2. The number of benzene rings is 1. The number of nitrogens with zero attached hydrogens (tertiary/aromatic N) is 2. The van der Waals surface area contributed by atoms with Gasteiger partial charge in [-0.1, -0.05) is 6.07 Å².